The number of aromatic nitrogens is 1. The molecule has 3 aromatic rings. The van der Waals surface area contributed by atoms with Gasteiger partial charge in [-0.3, -0.25) is 4.79 Å². The summed E-state index contributed by atoms with van der Waals surface area (Å²) in [5.74, 6) is 1.20. The number of hydrogen-bond acceptors (Lipinski definition) is 4. The molecule has 1 amide bonds. The number of fused-ring (bicyclic) bond motifs is 2. The standard InChI is InChI=1S/C20H18N2O3S/c1-3-8-22-15-11-16-17(25-10-9-24-16)12-18(15)26-20(22)21-19(23)14-7-5-4-6-13(14)2/h3-7,11-12H,1,8-10H2,2H3. The maximum Gasteiger partial charge on any atom is 0.279 e. The highest BCUT2D eigenvalue weighted by molar-refractivity contribution is 7.16. The Morgan fingerprint density at radius 2 is 2.00 bits per heavy atom. The number of benzene rings is 2. The fourth-order valence-electron chi connectivity index (χ4n) is 2.96. The summed E-state index contributed by atoms with van der Waals surface area (Å²) in [5, 5.41) is 0. The van der Waals surface area contributed by atoms with Gasteiger partial charge in [-0.1, -0.05) is 35.6 Å². The minimum absolute atomic E-state index is 0.246. The number of hydrogen-bond donors (Lipinski definition) is 0. The molecule has 0 saturated carbocycles. The molecular formula is C20H18N2O3S. The third-order valence-corrected chi connectivity index (χ3v) is 5.27. The van der Waals surface area contributed by atoms with Crippen molar-refractivity contribution in [2.75, 3.05) is 13.2 Å². The van der Waals surface area contributed by atoms with Gasteiger partial charge in [0.1, 0.15) is 13.2 Å². The van der Waals surface area contributed by atoms with Gasteiger partial charge < -0.3 is 14.0 Å². The second-order valence-corrected chi connectivity index (χ2v) is 6.99. The minimum atomic E-state index is -0.246. The zero-order chi connectivity index (χ0) is 18.1. The van der Waals surface area contributed by atoms with Gasteiger partial charge in [0.05, 0.1) is 10.2 Å². The van der Waals surface area contributed by atoms with Crippen molar-refractivity contribution >= 4 is 27.5 Å². The summed E-state index contributed by atoms with van der Waals surface area (Å²) in [7, 11) is 0. The lowest BCUT2D eigenvalue weighted by Crippen LogP contribution is -2.17. The Hall–Kier alpha value is -2.86. The quantitative estimate of drug-likeness (QED) is 0.664. The van der Waals surface area contributed by atoms with Gasteiger partial charge in [0.15, 0.2) is 16.3 Å². The third-order valence-electron chi connectivity index (χ3n) is 4.23. The van der Waals surface area contributed by atoms with Crippen molar-refractivity contribution in [3.8, 4) is 11.5 Å². The van der Waals surface area contributed by atoms with E-state index in [1.807, 2.05) is 41.8 Å². The van der Waals surface area contributed by atoms with Crippen LogP contribution in [0.4, 0.5) is 0 Å². The first-order valence-corrected chi connectivity index (χ1v) is 9.17. The third kappa shape index (κ3) is 2.93. The molecule has 132 valence electrons. The molecule has 1 aliphatic heterocycles. The van der Waals surface area contributed by atoms with Crippen LogP contribution in [0.5, 0.6) is 11.5 Å². The fraction of sp³-hybridized carbons (Fsp3) is 0.200. The van der Waals surface area contributed by atoms with E-state index < -0.39 is 0 Å². The molecule has 0 aliphatic carbocycles. The van der Waals surface area contributed by atoms with Gasteiger partial charge in [-0.25, -0.2) is 0 Å². The lowest BCUT2D eigenvalue weighted by molar-refractivity contribution is 0.0997. The minimum Gasteiger partial charge on any atom is -0.486 e. The van der Waals surface area contributed by atoms with Gasteiger partial charge in [-0.05, 0) is 18.6 Å². The highest BCUT2D eigenvalue weighted by Crippen LogP contribution is 2.35. The molecule has 0 saturated heterocycles. The zero-order valence-corrected chi connectivity index (χ0v) is 15.2. The van der Waals surface area contributed by atoms with Crippen LogP contribution in [0.2, 0.25) is 0 Å². The van der Waals surface area contributed by atoms with Gasteiger partial charge in [0, 0.05) is 24.2 Å². The van der Waals surface area contributed by atoms with Crippen LogP contribution >= 0.6 is 11.3 Å². The van der Waals surface area contributed by atoms with Gasteiger partial charge in [-0.15, -0.1) is 6.58 Å². The summed E-state index contributed by atoms with van der Waals surface area (Å²) in [6, 6.07) is 11.4. The van der Waals surface area contributed by atoms with E-state index in [-0.39, 0.29) is 5.91 Å². The van der Waals surface area contributed by atoms with E-state index in [0.29, 0.717) is 30.1 Å². The van der Waals surface area contributed by atoms with Crippen LogP contribution in [0.3, 0.4) is 0 Å². The van der Waals surface area contributed by atoms with E-state index in [0.717, 1.165) is 27.3 Å². The first-order chi connectivity index (χ1) is 12.7. The summed E-state index contributed by atoms with van der Waals surface area (Å²) in [6.07, 6.45) is 1.79. The van der Waals surface area contributed by atoms with Gasteiger partial charge in [0.2, 0.25) is 0 Å². The Balaban J connectivity index is 1.88. The van der Waals surface area contributed by atoms with Gasteiger partial charge in [-0.2, -0.15) is 4.99 Å². The van der Waals surface area contributed by atoms with Crippen molar-refractivity contribution in [2.45, 2.75) is 13.5 Å². The van der Waals surface area contributed by atoms with Crippen LogP contribution in [0, 0.1) is 6.92 Å². The second-order valence-electron chi connectivity index (χ2n) is 5.98. The maximum atomic E-state index is 12.7. The SMILES string of the molecule is C=CCn1c(=NC(=O)c2ccccc2C)sc2cc3c(cc21)OCCO3. The predicted molar refractivity (Wildman–Crippen MR) is 102 cm³/mol. The molecule has 2 heterocycles. The van der Waals surface area contributed by atoms with Crippen molar-refractivity contribution in [1.82, 2.24) is 4.57 Å². The molecule has 0 fully saturated rings. The molecule has 5 nitrogen and oxygen atoms in total. The number of rotatable bonds is 3. The molecule has 0 unspecified atom stereocenters. The fourth-order valence-corrected chi connectivity index (χ4v) is 4.01. The van der Waals surface area contributed by atoms with Crippen molar-refractivity contribution in [1.29, 1.82) is 0 Å². The van der Waals surface area contributed by atoms with Crippen molar-refractivity contribution in [3.63, 3.8) is 0 Å². The average molecular weight is 366 g/mol. The molecule has 0 N–H and O–H groups in total. The molecule has 0 bridgehead atoms. The molecule has 2 aromatic carbocycles. The molecule has 1 aliphatic rings. The number of nitrogens with zero attached hydrogens (tertiary/aromatic N) is 2. The van der Waals surface area contributed by atoms with E-state index in [1.165, 1.54) is 11.3 Å². The smallest absolute Gasteiger partial charge is 0.279 e. The Bertz CT molecular complexity index is 1080. The molecular weight excluding hydrogens is 348 g/mol. The highest BCUT2D eigenvalue weighted by Gasteiger charge is 2.17. The van der Waals surface area contributed by atoms with Crippen LogP contribution in [-0.2, 0) is 6.54 Å². The number of amides is 1. The summed E-state index contributed by atoms with van der Waals surface area (Å²) in [4.78, 5) is 17.7. The van der Waals surface area contributed by atoms with Crippen molar-refractivity contribution < 1.29 is 14.3 Å². The molecule has 6 heteroatoms. The number of ether oxygens (including phenoxy) is 2. The van der Waals surface area contributed by atoms with E-state index in [1.54, 1.807) is 12.1 Å². The summed E-state index contributed by atoms with van der Waals surface area (Å²) >= 11 is 1.46. The Labute approximate surface area is 154 Å². The predicted octanol–water partition coefficient (Wildman–Crippen LogP) is 3.71. The van der Waals surface area contributed by atoms with Crippen LogP contribution < -0.4 is 14.3 Å². The van der Waals surface area contributed by atoms with E-state index in [2.05, 4.69) is 11.6 Å². The van der Waals surface area contributed by atoms with Crippen LogP contribution in [0.15, 0.2) is 54.0 Å². The van der Waals surface area contributed by atoms with Crippen molar-refractivity contribution in [3.05, 3.63) is 65.0 Å². The number of aryl methyl sites for hydroxylation is 1. The Kier molecular flexibility index (Phi) is 4.34. The summed E-state index contributed by atoms with van der Waals surface area (Å²) in [5.41, 5.74) is 2.48. The molecule has 0 radical (unpaired) electrons. The molecule has 0 atom stereocenters. The lowest BCUT2D eigenvalue weighted by atomic mass is 10.1. The Morgan fingerprint density at radius 3 is 2.73 bits per heavy atom. The number of thiazole rings is 1. The summed E-state index contributed by atoms with van der Waals surface area (Å²) < 4.78 is 14.3. The molecule has 1 aromatic heterocycles. The van der Waals surface area contributed by atoms with Crippen LogP contribution in [-0.4, -0.2) is 23.7 Å². The molecule has 4 rings (SSSR count). The number of carbonyl (C=O) groups is 1. The molecule has 0 spiro atoms. The second kappa shape index (κ2) is 6.80. The average Bonchev–Trinajstić information content (AvgIpc) is 2.96. The van der Waals surface area contributed by atoms with E-state index in [9.17, 15) is 4.79 Å². The largest absolute Gasteiger partial charge is 0.486 e. The monoisotopic (exact) mass is 366 g/mol. The van der Waals surface area contributed by atoms with Crippen LogP contribution in [0.25, 0.3) is 10.2 Å². The van der Waals surface area contributed by atoms with Gasteiger partial charge >= 0.3 is 0 Å². The first-order valence-electron chi connectivity index (χ1n) is 8.36. The zero-order valence-electron chi connectivity index (χ0n) is 14.4. The van der Waals surface area contributed by atoms with Crippen molar-refractivity contribution in [2.24, 2.45) is 4.99 Å². The van der Waals surface area contributed by atoms with E-state index >= 15 is 0 Å². The maximum absolute atomic E-state index is 12.7. The highest BCUT2D eigenvalue weighted by atomic mass is 32.1. The van der Waals surface area contributed by atoms with Crippen LogP contribution in [0.1, 0.15) is 15.9 Å². The number of allylic oxidation sites excluding steroid dienone is 1. The number of carbonyl (C=O) groups excluding carboxylic acids is 1. The summed E-state index contributed by atoms with van der Waals surface area (Å²) in [6.45, 7) is 7.37. The van der Waals surface area contributed by atoms with E-state index in [4.69, 9.17) is 9.47 Å². The normalized spacial score (nSPS) is 13.8. The lowest BCUT2D eigenvalue weighted by Gasteiger charge is -2.18. The Morgan fingerprint density at radius 1 is 1.27 bits per heavy atom. The first kappa shape index (κ1) is 16.6. The topological polar surface area (TPSA) is 52.8 Å². The van der Waals surface area contributed by atoms with Gasteiger partial charge in [0.25, 0.3) is 5.91 Å². The molecule has 26 heavy (non-hydrogen) atoms.